The zero-order valence-electron chi connectivity index (χ0n) is 17.1. The van der Waals surface area contributed by atoms with Crippen molar-refractivity contribution in [3.05, 3.63) is 30.1 Å². The molecular formula is C20H28N4O4. The van der Waals surface area contributed by atoms with Crippen LogP contribution in [-0.4, -0.2) is 50.3 Å². The molecule has 1 amide bonds. The maximum absolute atomic E-state index is 12.7. The van der Waals surface area contributed by atoms with Gasteiger partial charge in [0.1, 0.15) is 5.69 Å². The second-order valence-corrected chi connectivity index (χ2v) is 6.10. The van der Waals surface area contributed by atoms with E-state index in [0.29, 0.717) is 28.9 Å². The fraction of sp³-hybridized carbons (Fsp3) is 0.450. The molecule has 1 aromatic carbocycles. The molecule has 0 radical (unpaired) electrons. The van der Waals surface area contributed by atoms with Crippen LogP contribution in [0.3, 0.4) is 0 Å². The highest BCUT2D eigenvalue weighted by molar-refractivity contribution is 6.03. The number of hydrogen-bond acceptors (Lipinski definition) is 7. The van der Waals surface area contributed by atoms with Crippen LogP contribution in [0, 0.1) is 0 Å². The van der Waals surface area contributed by atoms with Crippen LogP contribution < -0.4 is 24.4 Å². The number of carbonyl (C=O) groups is 1. The Labute approximate surface area is 165 Å². The maximum atomic E-state index is 12.7. The van der Waals surface area contributed by atoms with Crippen molar-refractivity contribution in [3.8, 4) is 17.2 Å². The van der Waals surface area contributed by atoms with Crippen molar-refractivity contribution in [2.45, 2.75) is 26.7 Å². The van der Waals surface area contributed by atoms with Crippen LogP contribution in [0.1, 0.15) is 37.2 Å². The minimum atomic E-state index is -0.342. The van der Waals surface area contributed by atoms with E-state index in [1.807, 2.05) is 0 Å². The van der Waals surface area contributed by atoms with Gasteiger partial charge in [0.25, 0.3) is 5.91 Å². The molecule has 0 bridgehead atoms. The maximum Gasteiger partial charge on any atom is 0.274 e. The lowest BCUT2D eigenvalue weighted by atomic mass is 10.2. The third-order valence-corrected chi connectivity index (χ3v) is 4.07. The molecule has 0 aliphatic heterocycles. The summed E-state index contributed by atoms with van der Waals surface area (Å²) in [5, 5.41) is 2.83. The Balaban J connectivity index is 2.27. The molecule has 0 aliphatic carbocycles. The van der Waals surface area contributed by atoms with Gasteiger partial charge in [0.2, 0.25) is 11.7 Å². The lowest BCUT2D eigenvalue weighted by molar-refractivity contribution is 0.102. The van der Waals surface area contributed by atoms with Gasteiger partial charge in [-0.25, -0.2) is 9.97 Å². The quantitative estimate of drug-likeness (QED) is 0.668. The van der Waals surface area contributed by atoms with Crippen molar-refractivity contribution < 1.29 is 19.0 Å². The number of nitrogens with one attached hydrogen (secondary N) is 1. The number of benzene rings is 1. The van der Waals surface area contributed by atoms with E-state index < -0.39 is 0 Å². The van der Waals surface area contributed by atoms with E-state index in [4.69, 9.17) is 14.2 Å². The van der Waals surface area contributed by atoms with Crippen LogP contribution in [0.15, 0.2) is 24.4 Å². The number of ether oxygens (including phenoxy) is 3. The first-order valence-corrected chi connectivity index (χ1v) is 9.27. The Morgan fingerprint density at radius 3 is 2.14 bits per heavy atom. The van der Waals surface area contributed by atoms with Gasteiger partial charge < -0.3 is 24.4 Å². The predicted molar refractivity (Wildman–Crippen MR) is 109 cm³/mol. The van der Waals surface area contributed by atoms with Crippen molar-refractivity contribution in [1.82, 2.24) is 9.97 Å². The zero-order valence-corrected chi connectivity index (χ0v) is 17.1. The SMILES string of the molecule is CCCN(CCC)c1nccc(C(=O)Nc2cc(OC)c(OC)c(OC)c2)n1. The molecule has 2 rings (SSSR count). The van der Waals surface area contributed by atoms with Gasteiger partial charge in [-0.05, 0) is 18.9 Å². The normalized spacial score (nSPS) is 10.3. The summed E-state index contributed by atoms with van der Waals surface area (Å²) in [5.74, 6) is 1.59. The molecule has 8 heteroatoms. The molecule has 2 aromatic rings. The number of aromatic nitrogens is 2. The van der Waals surface area contributed by atoms with Gasteiger partial charge >= 0.3 is 0 Å². The first-order chi connectivity index (χ1) is 13.6. The molecule has 1 heterocycles. The third-order valence-electron chi connectivity index (χ3n) is 4.07. The number of nitrogens with zero attached hydrogens (tertiary/aromatic N) is 3. The highest BCUT2D eigenvalue weighted by Gasteiger charge is 2.17. The Hall–Kier alpha value is -3.03. The summed E-state index contributed by atoms with van der Waals surface area (Å²) in [6.45, 7) is 5.88. The van der Waals surface area contributed by atoms with E-state index >= 15 is 0 Å². The highest BCUT2D eigenvalue weighted by atomic mass is 16.5. The van der Waals surface area contributed by atoms with Crippen LogP contribution in [-0.2, 0) is 0 Å². The molecular weight excluding hydrogens is 360 g/mol. The van der Waals surface area contributed by atoms with Gasteiger partial charge in [-0.2, -0.15) is 0 Å². The number of hydrogen-bond donors (Lipinski definition) is 1. The van der Waals surface area contributed by atoms with Crippen molar-refractivity contribution >= 4 is 17.5 Å². The van der Waals surface area contributed by atoms with E-state index in [0.717, 1.165) is 25.9 Å². The summed E-state index contributed by atoms with van der Waals surface area (Å²) < 4.78 is 15.9. The number of amides is 1. The smallest absolute Gasteiger partial charge is 0.274 e. The Morgan fingerprint density at radius 2 is 1.64 bits per heavy atom. The van der Waals surface area contributed by atoms with Gasteiger partial charge in [0.05, 0.1) is 21.3 Å². The van der Waals surface area contributed by atoms with E-state index in [9.17, 15) is 4.79 Å². The van der Waals surface area contributed by atoms with Crippen molar-refractivity contribution in [2.24, 2.45) is 0 Å². The van der Waals surface area contributed by atoms with E-state index in [1.54, 1.807) is 24.4 Å². The fourth-order valence-electron chi connectivity index (χ4n) is 2.83. The lowest BCUT2D eigenvalue weighted by Gasteiger charge is -2.21. The summed E-state index contributed by atoms with van der Waals surface area (Å²) in [6, 6.07) is 4.93. The van der Waals surface area contributed by atoms with Gasteiger partial charge in [-0.1, -0.05) is 13.8 Å². The van der Waals surface area contributed by atoms with Crippen LogP contribution in [0.5, 0.6) is 17.2 Å². The molecule has 0 unspecified atom stereocenters. The van der Waals surface area contributed by atoms with E-state index in [-0.39, 0.29) is 11.6 Å². The third kappa shape index (κ3) is 5.03. The number of carbonyl (C=O) groups excluding carboxylic acids is 1. The fourth-order valence-corrected chi connectivity index (χ4v) is 2.83. The number of rotatable bonds is 10. The van der Waals surface area contributed by atoms with Crippen molar-refractivity contribution in [2.75, 3.05) is 44.6 Å². The molecule has 0 saturated heterocycles. The van der Waals surface area contributed by atoms with Gasteiger partial charge in [-0.15, -0.1) is 0 Å². The molecule has 0 fully saturated rings. The lowest BCUT2D eigenvalue weighted by Crippen LogP contribution is -2.27. The summed E-state index contributed by atoms with van der Waals surface area (Å²) in [5.41, 5.74) is 0.801. The van der Waals surface area contributed by atoms with Gasteiger partial charge in [-0.3, -0.25) is 4.79 Å². The zero-order chi connectivity index (χ0) is 20.5. The topological polar surface area (TPSA) is 85.8 Å². The minimum absolute atomic E-state index is 0.288. The Kier molecular flexibility index (Phi) is 7.86. The van der Waals surface area contributed by atoms with Gasteiger partial charge in [0.15, 0.2) is 11.5 Å². The van der Waals surface area contributed by atoms with Crippen LogP contribution >= 0.6 is 0 Å². The average Bonchev–Trinajstić information content (AvgIpc) is 2.72. The summed E-state index contributed by atoms with van der Waals surface area (Å²) in [4.78, 5) is 23.6. The summed E-state index contributed by atoms with van der Waals surface area (Å²) in [6.07, 6.45) is 3.56. The van der Waals surface area contributed by atoms with E-state index in [1.165, 1.54) is 21.3 Å². The molecule has 152 valence electrons. The second-order valence-electron chi connectivity index (χ2n) is 6.10. The predicted octanol–water partition coefficient (Wildman–Crippen LogP) is 3.38. The van der Waals surface area contributed by atoms with Crippen LogP contribution in [0.25, 0.3) is 0 Å². The van der Waals surface area contributed by atoms with Gasteiger partial charge in [0, 0.05) is 37.1 Å². The minimum Gasteiger partial charge on any atom is -0.493 e. The van der Waals surface area contributed by atoms with Crippen LogP contribution in [0.4, 0.5) is 11.6 Å². The molecule has 0 aliphatic rings. The standard InChI is InChI=1S/C20H28N4O4/c1-6-10-24(11-7-2)20-21-9-8-15(23-20)19(25)22-14-12-16(26-3)18(28-5)17(13-14)27-4/h8-9,12-13H,6-7,10-11H2,1-5H3,(H,22,25). The molecule has 28 heavy (non-hydrogen) atoms. The Bertz CT molecular complexity index is 767. The second kappa shape index (κ2) is 10.3. The van der Waals surface area contributed by atoms with E-state index in [2.05, 4.69) is 34.0 Å². The first-order valence-electron chi connectivity index (χ1n) is 9.27. The summed E-state index contributed by atoms with van der Waals surface area (Å²) in [7, 11) is 4.57. The van der Waals surface area contributed by atoms with Crippen molar-refractivity contribution in [3.63, 3.8) is 0 Å². The average molecular weight is 388 g/mol. The highest BCUT2D eigenvalue weighted by Crippen LogP contribution is 2.40. The molecule has 1 N–H and O–H groups in total. The number of methoxy groups -OCH3 is 3. The first kappa shape index (κ1) is 21.3. The Morgan fingerprint density at radius 1 is 1.04 bits per heavy atom. The molecule has 0 atom stereocenters. The van der Waals surface area contributed by atoms with Crippen molar-refractivity contribution in [1.29, 1.82) is 0 Å². The molecule has 0 spiro atoms. The molecule has 1 aromatic heterocycles. The van der Waals surface area contributed by atoms with Crippen LogP contribution in [0.2, 0.25) is 0 Å². The number of anilines is 2. The molecule has 8 nitrogen and oxygen atoms in total. The monoisotopic (exact) mass is 388 g/mol. The summed E-state index contributed by atoms with van der Waals surface area (Å²) >= 11 is 0. The molecule has 0 saturated carbocycles. The largest absolute Gasteiger partial charge is 0.493 e.